The Labute approximate surface area is 76.0 Å². The molecule has 0 unspecified atom stereocenters. The fourth-order valence-corrected chi connectivity index (χ4v) is 0. The molecule has 0 rings (SSSR count). The largest absolute Gasteiger partial charge is 2.00 e. The molecule has 0 aromatic heterocycles. The Bertz CT molecular complexity index is 54.2. The molecule has 0 heterocycles. The van der Waals surface area contributed by atoms with Gasteiger partial charge in [-0.05, 0) is 0 Å². The Morgan fingerprint density at radius 3 is 1.14 bits per heavy atom. The third kappa shape index (κ3) is 6.74. The van der Waals surface area contributed by atoms with Gasteiger partial charge in [0.05, 0.1) is 0 Å². The minimum absolute atomic E-state index is 0. The van der Waals surface area contributed by atoms with Gasteiger partial charge in [-0.15, -0.1) is 13.8 Å². The second-order valence-corrected chi connectivity index (χ2v) is 1.56. The van der Waals surface area contributed by atoms with Crippen molar-refractivity contribution in [2.45, 2.75) is 13.8 Å². The molecule has 0 aliphatic heterocycles. The van der Waals surface area contributed by atoms with Crippen LogP contribution in [0.5, 0.6) is 0 Å². The van der Waals surface area contributed by atoms with Crippen LogP contribution in [0.2, 0.25) is 0 Å². The summed E-state index contributed by atoms with van der Waals surface area (Å²) >= 11 is 0. The smallest absolute Gasteiger partial charge is 0.367 e. The zero-order valence-electron chi connectivity index (χ0n) is 5.12. The second kappa shape index (κ2) is 4.89. The number of allylic oxidation sites excluding steroid dienone is 2. The Morgan fingerprint density at radius 2 is 1.14 bits per heavy atom. The monoisotopic (exact) mass is 122 g/mol. The van der Waals surface area contributed by atoms with Crippen LogP contribution in [-0.4, -0.2) is 37.7 Å². The molecule has 0 spiro atoms. The first-order chi connectivity index (χ1) is 2.64. The maximum atomic E-state index is 3.66. The normalized spacial score (nSPS) is 11.7. The van der Waals surface area contributed by atoms with Crippen molar-refractivity contribution in [3.8, 4) is 0 Å². The van der Waals surface area contributed by atoms with E-state index < -0.39 is 0 Å². The fourth-order valence-electron chi connectivity index (χ4n) is 0. The summed E-state index contributed by atoms with van der Waals surface area (Å²) in [6.07, 6.45) is 0. The molecule has 0 aliphatic carbocycles. The molecule has 0 aromatic rings. The van der Waals surface area contributed by atoms with E-state index in [-0.39, 0.29) is 37.7 Å². The Hall–Kier alpha value is 0.740. The van der Waals surface area contributed by atoms with Crippen LogP contribution in [0.3, 0.4) is 0 Å². The maximum Gasteiger partial charge on any atom is 2.00 e. The number of rotatable bonds is 0. The average Bonchev–Trinajstić information content (AvgIpc) is 1.36. The first kappa shape index (κ1) is 10.7. The quantitative estimate of drug-likeness (QED) is 0.338. The van der Waals surface area contributed by atoms with Crippen LogP contribution in [0.4, 0.5) is 0 Å². The van der Waals surface area contributed by atoms with E-state index in [0.717, 1.165) is 11.1 Å². The van der Waals surface area contributed by atoms with Gasteiger partial charge >= 0.3 is 37.7 Å². The van der Waals surface area contributed by atoms with Crippen molar-refractivity contribution in [2.75, 3.05) is 0 Å². The predicted molar refractivity (Wildman–Crippen MR) is 34.8 cm³/mol. The van der Waals surface area contributed by atoms with Gasteiger partial charge in [-0.2, -0.15) is 0 Å². The summed E-state index contributed by atoms with van der Waals surface area (Å²) in [7, 11) is 0. The molecule has 0 amide bonds. The molecule has 0 atom stereocenters. The van der Waals surface area contributed by atoms with Gasteiger partial charge in [0.2, 0.25) is 0 Å². The Kier molecular flexibility index (Phi) is 7.45. The Morgan fingerprint density at radius 1 is 1.00 bits per heavy atom. The van der Waals surface area contributed by atoms with Crippen LogP contribution in [0.15, 0.2) is 11.1 Å². The van der Waals surface area contributed by atoms with Crippen LogP contribution in [0.1, 0.15) is 13.8 Å². The maximum absolute atomic E-state index is 3.66. The molecule has 0 bridgehead atoms. The van der Waals surface area contributed by atoms with E-state index in [4.69, 9.17) is 0 Å². The van der Waals surface area contributed by atoms with Crippen molar-refractivity contribution in [3.63, 3.8) is 0 Å². The molecule has 0 N–H and O–H groups in total. The van der Waals surface area contributed by atoms with Crippen LogP contribution >= 0.6 is 0 Å². The van der Waals surface area contributed by atoms with E-state index in [0.29, 0.717) is 0 Å². The molecule has 0 aromatic carbocycles. The van der Waals surface area contributed by atoms with Gasteiger partial charge in [-0.25, -0.2) is 0 Å². The summed E-state index contributed by atoms with van der Waals surface area (Å²) in [5, 5.41) is 0. The van der Waals surface area contributed by atoms with Crippen molar-refractivity contribution >= 4 is 37.7 Å². The third-order valence-electron chi connectivity index (χ3n) is 0.729. The van der Waals surface area contributed by atoms with Crippen molar-refractivity contribution in [1.29, 1.82) is 0 Å². The van der Waals surface area contributed by atoms with Gasteiger partial charge in [-0.1, -0.05) is 0 Å². The molecule has 0 aliphatic rings. The van der Waals surface area contributed by atoms with Crippen LogP contribution in [-0.2, 0) is 0 Å². The molecule has 0 saturated heterocycles. The van der Waals surface area contributed by atoms with Gasteiger partial charge < -0.3 is 25.0 Å². The SMILES string of the molecule is [CH2-]C(C)=C([CH2-])C.[Ca+2]. The van der Waals surface area contributed by atoms with E-state index in [1.54, 1.807) is 0 Å². The van der Waals surface area contributed by atoms with Gasteiger partial charge in [0.25, 0.3) is 0 Å². The Balaban J connectivity index is 0. The summed E-state index contributed by atoms with van der Waals surface area (Å²) in [4.78, 5) is 0. The fraction of sp³-hybridized carbons (Fsp3) is 0.333. The van der Waals surface area contributed by atoms with E-state index in [9.17, 15) is 0 Å². The molecule has 0 saturated carbocycles. The van der Waals surface area contributed by atoms with E-state index in [2.05, 4.69) is 13.8 Å². The van der Waals surface area contributed by atoms with E-state index in [1.165, 1.54) is 0 Å². The zero-order chi connectivity index (χ0) is 5.15. The third-order valence-corrected chi connectivity index (χ3v) is 0.729. The van der Waals surface area contributed by atoms with Crippen LogP contribution < -0.4 is 0 Å². The van der Waals surface area contributed by atoms with Crippen molar-refractivity contribution in [3.05, 3.63) is 25.0 Å². The van der Waals surface area contributed by atoms with Gasteiger partial charge in [0.15, 0.2) is 0 Å². The second-order valence-electron chi connectivity index (χ2n) is 1.56. The van der Waals surface area contributed by atoms with Crippen LogP contribution in [0.25, 0.3) is 0 Å². The summed E-state index contributed by atoms with van der Waals surface area (Å²) in [6.45, 7) is 11.2. The van der Waals surface area contributed by atoms with Gasteiger partial charge in [-0.3, -0.25) is 0 Å². The zero-order valence-corrected chi connectivity index (χ0v) is 7.33. The molecule has 0 nitrogen and oxygen atoms in total. The number of hydrogen-bond donors (Lipinski definition) is 0. The summed E-state index contributed by atoms with van der Waals surface area (Å²) in [5.41, 5.74) is 2.13. The van der Waals surface area contributed by atoms with Crippen molar-refractivity contribution in [1.82, 2.24) is 0 Å². The van der Waals surface area contributed by atoms with E-state index >= 15 is 0 Å². The van der Waals surface area contributed by atoms with Crippen LogP contribution in [0, 0.1) is 13.8 Å². The molecular formula is C6H10Ca. The van der Waals surface area contributed by atoms with Gasteiger partial charge in [0, 0.05) is 0 Å². The minimum Gasteiger partial charge on any atom is -0.367 e. The standard InChI is InChI=1S/C6H10.Ca/c1-5(2)6(3)4;/h1,3H2,2,4H3;/q-2;+2. The first-order valence-corrected chi connectivity index (χ1v) is 1.96. The summed E-state index contributed by atoms with van der Waals surface area (Å²) < 4.78 is 0. The van der Waals surface area contributed by atoms with Crippen molar-refractivity contribution < 1.29 is 0 Å². The summed E-state index contributed by atoms with van der Waals surface area (Å²) in [6, 6.07) is 0. The topological polar surface area (TPSA) is 0 Å². The molecule has 7 heavy (non-hydrogen) atoms. The molecular weight excluding hydrogens is 112 g/mol. The molecule has 0 radical (unpaired) electrons. The predicted octanol–water partition coefficient (Wildman–Crippen LogP) is 1.61. The van der Waals surface area contributed by atoms with E-state index in [1.807, 2.05) is 13.8 Å². The summed E-state index contributed by atoms with van der Waals surface area (Å²) in [5.74, 6) is 0. The molecule has 36 valence electrons. The van der Waals surface area contributed by atoms with Gasteiger partial charge in [0.1, 0.15) is 0 Å². The van der Waals surface area contributed by atoms with Crippen molar-refractivity contribution in [2.24, 2.45) is 0 Å². The minimum atomic E-state index is 0. The number of hydrogen-bond acceptors (Lipinski definition) is 0. The molecule has 1 heteroatoms. The average molecular weight is 122 g/mol. The molecule has 0 fully saturated rings. The first-order valence-electron chi connectivity index (χ1n) is 1.96.